The molecule has 2 rings (SSSR count). The summed E-state index contributed by atoms with van der Waals surface area (Å²) in [4.78, 5) is 6.20. The van der Waals surface area contributed by atoms with E-state index in [0.29, 0.717) is 5.82 Å². The molecule has 5 heteroatoms. The summed E-state index contributed by atoms with van der Waals surface area (Å²) in [6.07, 6.45) is 3.82. The molecule has 0 bridgehead atoms. The molecule has 84 valence electrons. The Morgan fingerprint density at radius 1 is 1.53 bits per heavy atom. The van der Waals surface area contributed by atoms with Crippen LogP contribution in [0.15, 0.2) is 18.3 Å². The summed E-state index contributed by atoms with van der Waals surface area (Å²) in [5.41, 5.74) is 5.86. The maximum Gasteiger partial charge on any atom is 0.171 e. The van der Waals surface area contributed by atoms with Crippen molar-refractivity contribution < 1.29 is 5.11 Å². The molecule has 1 aromatic rings. The molecule has 0 spiro atoms. The SMILES string of the molecule is Cl.NC1CCCN(c2ncccc2O)C1. The molecule has 2 heterocycles. The molecule has 1 unspecified atom stereocenters. The van der Waals surface area contributed by atoms with Crippen LogP contribution in [0.2, 0.25) is 0 Å². The molecule has 3 N–H and O–H groups in total. The van der Waals surface area contributed by atoms with E-state index in [2.05, 4.69) is 4.98 Å². The second kappa shape index (κ2) is 5.19. The normalized spacial score (nSPS) is 20.9. The number of rotatable bonds is 1. The van der Waals surface area contributed by atoms with E-state index in [4.69, 9.17) is 5.73 Å². The predicted molar refractivity (Wildman–Crippen MR) is 62.6 cm³/mol. The van der Waals surface area contributed by atoms with E-state index in [9.17, 15) is 5.11 Å². The topological polar surface area (TPSA) is 62.4 Å². The van der Waals surface area contributed by atoms with Gasteiger partial charge in [0.05, 0.1) is 0 Å². The second-order valence-electron chi connectivity index (χ2n) is 3.69. The van der Waals surface area contributed by atoms with Crippen molar-refractivity contribution in [2.75, 3.05) is 18.0 Å². The van der Waals surface area contributed by atoms with Crippen molar-refractivity contribution in [3.63, 3.8) is 0 Å². The monoisotopic (exact) mass is 229 g/mol. The smallest absolute Gasteiger partial charge is 0.171 e. The van der Waals surface area contributed by atoms with Gasteiger partial charge in [0.2, 0.25) is 0 Å². The highest BCUT2D eigenvalue weighted by molar-refractivity contribution is 5.85. The summed E-state index contributed by atoms with van der Waals surface area (Å²) >= 11 is 0. The highest BCUT2D eigenvalue weighted by Crippen LogP contribution is 2.25. The van der Waals surface area contributed by atoms with E-state index in [1.165, 1.54) is 0 Å². The van der Waals surface area contributed by atoms with E-state index in [-0.39, 0.29) is 24.2 Å². The van der Waals surface area contributed by atoms with Gasteiger partial charge in [-0.25, -0.2) is 4.98 Å². The zero-order valence-electron chi connectivity index (χ0n) is 8.47. The lowest BCUT2D eigenvalue weighted by Crippen LogP contribution is -2.43. The minimum absolute atomic E-state index is 0. The lowest BCUT2D eigenvalue weighted by Gasteiger charge is -2.31. The summed E-state index contributed by atoms with van der Waals surface area (Å²) in [6, 6.07) is 3.58. The number of aromatic nitrogens is 1. The first-order valence-electron chi connectivity index (χ1n) is 4.92. The van der Waals surface area contributed by atoms with E-state index < -0.39 is 0 Å². The third-order valence-corrected chi connectivity index (χ3v) is 2.52. The Morgan fingerprint density at radius 3 is 3.00 bits per heavy atom. The molecule has 1 aromatic heterocycles. The summed E-state index contributed by atoms with van der Waals surface area (Å²) in [7, 11) is 0. The average Bonchev–Trinajstić information content (AvgIpc) is 2.18. The number of halogens is 1. The van der Waals surface area contributed by atoms with Crippen molar-refractivity contribution in [1.82, 2.24) is 4.98 Å². The molecular weight excluding hydrogens is 214 g/mol. The van der Waals surface area contributed by atoms with Crippen LogP contribution in [-0.4, -0.2) is 29.2 Å². The number of nitrogens with zero attached hydrogens (tertiary/aromatic N) is 2. The molecule has 0 aliphatic carbocycles. The van der Waals surface area contributed by atoms with Crippen LogP contribution in [0.5, 0.6) is 5.75 Å². The fourth-order valence-electron chi connectivity index (χ4n) is 1.83. The number of pyridine rings is 1. The largest absolute Gasteiger partial charge is 0.504 e. The van der Waals surface area contributed by atoms with E-state index in [1.54, 1.807) is 18.3 Å². The zero-order chi connectivity index (χ0) is 9.97. The summed E-state index contributed by atoms with van der Waals surface area (Å²) < 4.78 is 0. The van der Waals surface area contributed by atoms with E-state index >= 15 is 0 Å². The van der Waals surface area contributed by atoms with E-state index in [0.717, 1.165) is 25.9 Å². The molecule has 1 aliphatic rings. The van der Waals surface area contributed by atoms with Gasteiger partial charge in [0.1, 0.15) is 0 Å². The molecule has 0 radical (unpaired) electrons. The van der Waals surface area contributed by atoms with E-state index in [1.807, 2.05) is 4.90 Å². The highest BCUT2D eigenvalue weighted by Gasteiger charge is 2.19. The number of nitrogens with two attached hydrogens (primary N) is 1. The third kappa shape index (κ3) is 2.73. The molecule has 1 aliphatic heterocycles. The second-order valence-corrected chi connectivity index (χ2v) is 3.69. The lowest BCUT2D eigenvalue weighted by molar-refractivity contribution is 0.457. The van der Waals surface area contributed by atoms with Gasteiger partial charge in [-0.2, -0.15) is 0 Å². The predicted octanol–water partition coefficient (Wildman–Crippen LogP) is 1.14. The molecule has 15 heavy (non-hydrogen) atoms. The van der Waals surface area contributed by atoms with Gasteiger partial charge in [-0.1, -0.05) is 0 Å². The van der Waals surface area contributed by atoms with Crippen LogP contribution in [0.25, 0.3) is 0 Å². The van der Waals surface area contributed by atoms with Crippen molar-refractivity contribution in [2.24, 2.45) is 5.73 Å². The Hall–Kier alpha value is -1.00. The van der Waals surface area contributed by atoms with Crippen molar-refractivity contribution >= 4 is 18.2 Å². The molecule has 0 aromatic carbocycles. The van der Waals surface area contributed by atoms with Crippen LogP contribution in [0, 0.1) is 0 Å². The summed E-state index contributed by atoms with van der Waals surface area (Å²) in [5.74, 6) is 0.893. The van der Waals surface area contributed by atoms with Gasteiger partial charge in [-0.3, -0.25) is 0 Å². The molecule has 0 saturated carbocycles. The van der Waals surface area contributed by atoms with Gasteiger partial charge in [-0.15, -0.1) is 12.4 Å². The van der Waals surface area contributed by atoms with Crippen LogP contribution >= 0.6 is 12.4 Å². The lowest BCUT2D eigenvalue weighted by atomic mass is 10.1. The number of aromatic hydroxyl groups is 1. The van der Waals surface area contributed by atoms with Crippen LogP contribution < -0.4 is 10.6 Å². The van der Waals surface area contributed by atoms with Gasteiger partial charge >= 0.3 is 0 Å². The molecule has 0 amide bonds. The highest BCUT2D eigenvalue weighted by atomic mass is 35.5. The van der Waals surface area contributed by atoms with Crippen molar-refractivity contribution in [3.05, 3.63) is 18.3 Å². The minimum atomic E-state index is 0. The molecule has 1 fully saturated rings. The summed E-state index contributed by atoms with van der Waals surface area (Å²) in [5, 5.41) is 9.60. The first-order chi connectivity index (χ1) is 6.77. The van der Waals surface area contributed by atoms with Crippen molar-refractivity contribution in [2.45, 2.75) is 18.9 Å². The molecule has 4 nitrogen and oxygen atoms in total. The fraction of sp³-hybridized carbons (Fsp3) is 0.500. The maximum atomic E-state index is 9.60. The number of hydrogen-bond acceptors (Lipinski definition) is 4. The quantitative estimate of drug-likeness (QED) is 0.758. The minimum Gasteiger partial charge on any atom is -0.504 e. The Morgan fingerprint density at radius 2 is 2.33 bits per heavy atom. The molecular formula is C10H16ClN3O. The summed E-state index contributed by atoms with van der Waals surface area (Å²) in [6.45, 7) is 1.71. The van der Waals surface area contributed by atoms with Gasteiger partial charge in [0.15, 0.2) is 11.6 Å². The number of piperidine rings is 1. The van der Waals surface area contributed by atoms with Gasteiger partial charge in [0, 0.05) is 25.3 Å². The Kier molecular flexibility index (Phi) is 4.17. The van der Waals surface area contributed by atoms with Crippen LogP contribution in [0.3, 0.4) is 0 Å². The number of hydrogen-bond donors (Lipinski definition) is 2. The van der Waals surface area contributed by atoms with Gasteiger partial charge in [-0.05, 0) is 25.0 Å². The fourth-order valence-corrected chi connectivity index (χ4v) is 1.83. The van der Waals surface area contributed by atoms with Gasteiger partial charge < -0.3 is 15.7 Å². The molecule has 1 saturated heterocycles. The third-order valence-electron chi connectivity index (χ3n) is 2.52. The zero-order valence-corrected chi connectivity index (χ0v) is 9.28. The maximum absolute atomic E-state index is 9.60. The van der Waals surface area contributed by atoms with Crippen LogP contribution in [-0.2, 0) is 0 Å². The standard InChI is InChI=1S/C10H15N3O.ClH/c11-8-3-2-6-13(7-8)10-9(14)4-1-5-12-10;/h1,4-5,8,14H,2-3,6-7,11H2;1H. The average molecular weight is 230 g/mol. The first-order valence-corrected chi connectivity index (χ1v) is 4.92. The molecule has 1 atom stereocenters. The van der Waals surface area contributed by atoms with Gasteiger partial charge in [0.25, 0.3) is 0 Å². The Labute approximate surface area is 95.5 Å². The first kappa shape index (κ1) is 12.1. The van der Waals surface area contributed by atoms with Crippen LogP contribution in [0.4, 0.5) is 5.82 Å². The van der Waals surface area contributed by atoms with Crippen LogP contribution in [0.1, 0.15) is 12.8 Å². The van der Waals surface area contributed by atoms with Crippen molar-refractivity contribution in [3.8, 4) is 5.75 Å². The number of anilines is 1. The van der Waals surface area contributed by atoms with Crippen molar-refractivity contribution in [1.29, 1.82) is 0 Å². The Bertz CT molecular complexity index is 321. The Balaban J connectivity index is 0.00000112.